The maximum absolute atomic E-state index is 14.3. The fourth-order valence-electron chi connectivity index (χ4n) is 7.25. The van der Waals surface area contributed by atoms with Gasteiger partial charge in [-0.15, -0.1) is 0 Å². The lowest BCUT2D eigenvalue weighted by Crippen LogP contribution is -2.47. The second-order valence-corrected chi connectivity index (χ2v) is 14.2. The number of aliphatic carboxylic acids is 1. The zero-order valence-corrected chi connectivity index (χ0v) is 28.8. The van der Waals surface area contributed by atoms with Gasteiger partial charge in [-0.2, -0.15) is 0 Å². The molecule has 8 nitrogen and oxygen atoms in total. The van der Waals surface area contributed by atoms with Crippen LogP contribution in [-0.4, -0.2) is 65.9 Å². The Morgan fingerprint density at radius 1 is 1.00 bits per heavy atom. The Morgan fingerprint density at radius 2 is 1.67 bits per heavy atom. The largest absolute Gasteiger partial charge is 0.497 e. The summed E-state index contributed by atoms with van der Waals surface area (Å²) < 4.78 is 17.4. The summed E-state index contributed by atoms with van der Waals surface area (Å²) >= 11 is 0. The third-order valence-electron chi connectivity index (χ3n) is 10.3. The van der Waals surface area contributed by atoms with Gasteiger partial charge in [0, 0.05) is 38.9 Å². The van der Waals surface area contributed by atoms with E-state index in [4.69, 9.17) is 14.2 Å². The molecule has 0 aliphatic carbocycles. The minimum atomic E-state index is -1.29. The molecular weight excluding hydrogens is 568 g/mol. The average molecular weight is 623 g/mol. The van der Waals surface area contributed by atoms with Crippen molar-refractivity contribution in [2.45, 2.75) is 98.3 Å². The number of amides is 1. The van der Waals surface area contributed by atoms with Crippen molar-refractivity contribution >= 4 is 11.9 Å². The first-order valence-corrected chi connectivity index (χ1v) is 16.6. The zero-order valence-electron chi connectivity index (χ0n) is 28.8. The Morgan fingerprint density at radius 3 is 2.27 bits per heavy atom. The van der Waals surface area contributed by atoms with Crippen LogP contribution >= 0.6 is 0 Å². The summed E-state index contributed by atoms with van der Waals surface area (Å²) in [5.41, 5.74) is -0.482. The van der Waals surface area contributed by atoms with Crippen LogP contribution in [0.2, 0.25) is 0 Å². The van der Waals surface area contributed by atoms with Gasteiger partial charge in [-0.1, -0.05) is 65.7 Å². The first kappa shape index (κ1) is 34.6. The molecule has 0 aromatic heterocycles. The van der Waals surface area contributed by atoms with Crippen LogP contribution in [0.1, 0.15) is 98.2 Å². The Balaban J connectivity index is 1.77. The summed E-state index contributed by atoms with van der Waals surface area (Å²) in [6, 6.07) is 12.8. The van der Waals surface area contributed by atoms with Gasteiger partial charge in [0.2, 0.25) is 11.7 Å². The summed E-state index contributed by atoms with van der Waals surface area (Å²) in [5.74, 6) is 1.18. The zero-order chi connectivity index (χ0) is 33.2. The second kappa shape index (κ2) is 13.6. The Hall–Kier alpha value is -3.26. The van der Waals surface area contributed by atoms with Gasteiger partial charge in [-0.05, 0) is 67.0 Å². The van der Waals surface area contributed by atoms with E-state index >= 15 is 0 Å². The van der Waals surface area contributed by atoms with Gasteiger partial charge in [0.05, 0.1) is 25.1 Å². The van der Waals surface area contributed by atoms with Crippen molar-refractivity contribution in [2.24, 2.45) is 17.3 Å². The molecule has 0 bridgehead atoms. The van der Waals surface area contributed by atoms with Crippen LogP contribution < -0.4 is 14.2 Å². The number of ether oxygens (including phenoxy) is 3. The van der Waals surface area contributed by atoms with E-state index in [1.165, 1.54) is 0 Å². The van der Waals surface area contributed by atoms with E-state index in [-0.39, 0.29) is 12.5 Å². The third-order valence-corrected chi connectivity index (χ3v) is 10.3. The number of carboxylic acids is 1. The molecule has 0 spiro atoms. The van der Waals surface area contributed by atoms with Gasteiger partial charge in [0.1, 0.15) is 5.75 Å². The smallest absolute Gasteiger partial charge is 0.312 e. The van der Waals surface area contributed by atoms with Crippen molar-refractivity contribution in [3.05, 3.63) is 53.6 Å². The molecule has 1 N–H and O–H groups in total. The van der Waals surface area contributed by atoms with E-state index in [9.17, 15) is 14.7 Å². The quantitative estimate of drug-likeness (QED) is 0.236. The SMILES string of the molecule is CCCC(C)CN(CCC(C)CC)C(=O)CN1C[C@](C)(c2ccc3c(c2)OC(C)(C)O3)[C@@](C)(C(=O)O)[C@@H]1c1ccc(OC)cc1. The highest BCUT2D eigenvalue weighted by Crippen LogP contribution is 2.59. The molecule has 248 valence electrons. The molecule has 2 aromatic rings. The molecule has 2 aliphatic rings. The summed E-state index contributed by atoms with van der Waals surface area (Å²) in [6.07, 6.45) is 4.14. The van der Waals surface area contributed by atoms with Gasteiger partial charge in [0.25, 0.3) is 0 Å². The van der Waals surface area contributed by atoms with Crippen LogP contribution in [0, 0.1) is 17.3 Å². The molecule has 2 aromatic carbocycles. The third kappa shape index (κ3) is 6.96. The predicted molar refractivity (Wildman–Crippen MR) is 177 cm³/mol. The molecule has 2 unspecified atom stereocenters. The first-order valence-electron chi connectivity index (χ1n) is 16.6. The number of carboxylic acid groups (broad SMARTS) is 1. The van der Waals surface area contributed by atoms with E-state index in [0.29, 0.717) is 48.7 Å². The maximum Gasteiger partial charge on any atom is 0.312 e. The Labute approximate surface area is 270 Å². The average Bonchev–Trinajstić information content (AvgIpc) is 3.43. The number of likely N-dealkylation sites (tertiary alicyclic amines) is 1. The van der Waals surface area contributed by atoms with Crippen molar-refractivity contribution < 1.29 is 28.9 Å². The van der Waals surface area contributed by atoms with Gasteiger partial charge < -0.3 is 24.2 Å². The van der Waals surface area contributed by atoms with Gasteiger partial charge >= 0.3 is 5.97 Å². The normalized spacial score (nSPS) is 25.1. The molecule has 1 amide bonds. The van der Waals surface area contributed by atoms with E-state index in [2.05, 4.69) is 32.6 Å². The highest BCUT2D eigenvalue weighted by Gasteiger charge is 2.64. The molecule has 1 fully saturated rings. The number of benzene rings is 2. The monoisotopic (exact) mass is 622 g/mol. The molecule has 2 heterocycles. The van der Waals surface area contributed by atoms with Crippen LogP contribution in [0.25, 0.3) is 0 Å². The van der Waals surface area contributed by atoms with Crippen molar-refractivity contribution in [3.8, 4) is 17.2 Å². The fourth-order valence-corrected chi connectivity index (χ4v) is 7.25. The molecular formula is C37H54N2O6. The van der Waals surface area contributed by atoms with Crippen LogP contribution in [0.3, 0.4) is 0 Å². The molecule has 0 radical (unpaired) electrons. The van der Waals surface area contributed by atoms with Gasteiger partial charge in [0.15, 0.2) is 11.5 Å². The number of rotatable bonds is 14. The minimum absolute atomic E-state index is 0.0455. The number of carbonyl (C=O) groups excluding carboxylic acids is 1. The van der Waals surface area contributed by atoms with Crippen molar-refractivity contribution in [1.82, 2.24) is 9.80 Å². The lowest BCUT2D eigenvalue weighted by molar-refractivity contribution is -0.153. The summed E-state index contributed by atoms with van der Waals surface area (Å²) in [7, 11) is 1.61. The standard InChI is InChI=1S/C37H54N2O6/c1-10-12-26(4)22-38(20-19-25(3)11-2)32(40)23-39-24-36(7,28-15-18-30-31(21-28)45-35(5,6)44-30)37(8,34(41)42)33(39)27-13-16-29(43-9)17-14-27/h13-18,21,25-26,33H,10-12,19-20,22-24H2,1-9H3,(H,41,42)/t25?,26?,33-,36+,37+/m0/s1. The van der Waals surface area contributed by atoms with Gasteiger partial charge in [-0.3, -0.25) is 14.5 Å². The summed E-state index contributed by atoms with van der Waals surface area (Å²) in [4.78, 5) is 31.9. The molecule has 1 saturated heterocycles. The maximum atomic E-state index is 14.3. The van der Waals surface area contributed by atoms with E-state index in [0.717, 1.165) is 36.8 Å². The lowest BCUT2D eigenvalue weighted by Gasteiger charge is -2.41. The molecule has 8 heteroatoms. The topological polar surface area (TPSA) is 88.5 Å². The number of carbonyl (C=O) groups is 2. The van der Waals surface area contributed by atoms with Crippen molar-refractivity contribution in [1.29, 1.82) is 0 Å². The highest BCUT2D eigenvalue weighted by molar-refractivity contribution is 5.81. The van der Waals surface area contributed by atoms with Crippen LogP contribution in [-0.2, 0) is 15.0 Å². The van der Waals surface area contributed by atoms with E-state index in [1.54, 1.807) is 7.11 Å². The molecule has 45 heavy (non-hydrogen) atoms. The van der Waals surface area contributed by atoms with Gasteiger partial charge in [-0.25, -0.2) is 0 Å². The van der Waals surface area contributed by atoms with Crippen molar-refractivity contribution in [3.63, 3.8) is 0 Å². The molecule has 5 atom stereocenters. The number of hydrogen-bond donors (Lipinski definition) is 1. The molecule has 0 saturated carbocycles. The minimum Gasteiger partial charge on any atom is -0.497 e. The molecule has 4 rings (SSSR count). The summed E-state index contributed by atoms with van der Waals surface area (Å²) in [5, 5.41) is 11.1. The summed E-state index contributed by atoms with van der Waals surface area (Å²) in [6.45, 7) is 18.3. The molecule has 2 aliphatic heterocycles. The highest BCUT2D eigenvalue weighted by atomic mass is 16.7. The fraction of sp³-hybridized carbons (Fsp3) is 0.622. The van der Waals surface area contributed by atoms with E-state index in [1.807, 2.05) is 75.1 Å². The van der Waals surface area contributed by atoms with Crippen LogP contribution in [0.15, 0.2) is 42.5 Å². The number of methoxy groups -OCH3 is 1. The number of nitrogens with zero attached hydrogens (tertiary/aromatic N) is 2. The van der Waals surface area contributed by atoms with Crippen molar-refractivity contribution in [2.75, 3.05) is 33.3 Å². The predicted octanol–water partition coefficient (Wildman–Crippen LogP) is 7.31. The first-order chi connectivity index (χ1) is 21.2. The number of fused-ring (bicyclic) bond motifs is 1. The Bertz CT molecular complexity index is 1340. The second-order valence-electron chi connectivity index (χ2n) is 14.2. The number of hydrogen-bond acceptors (Lipinski definition) is 6. The Kier molecular flexibility index (Phi) is 10.5. The van der Waals surface area contributed by atoms with Crippen LogP contribution in [0.5, 0.6) is 17.2 Å². The van der Waals surface area contributed by atoms with Crippen LogP contribution in [0.4, 0.5) is 0 Å². The lowest BCUT2D eigenvalue weighted by atomic mass is 9.60. The van der Waals surface area contributed by atoms with E-state index < -0.39 is 28.6 Å².